The van der Waals surface area contributed by atoms with E-state index in [9.17, 15) is 9.90 Å². The average Bonchev–Trinajstić information content (AvgIpc) is 2.47. The lowest BCUT2D eigenvalue weighted by molar-refractivity contribution is -0.114. The Morgan fingerprint density at radius 3 is 2.86 bits per heavy atom. The number of nitrogens with zero attached hydrogens (tertiary/aromatic N) is 2. The monoisotopic (exact) mass is 283 g/mol. The Labute approximate surface area is 123 Å². The van der Waals surface area contributed by atoms with Gasteiger partial charge in [-0.25, -0.2) is 9.97 Å². The molecular weight excluding hydrogens is 266 g/mol. The van der Waals surface area contributed by atoms with Gasteiger partial charge >= 0.3 is 0 Å². The number of aliphatic hydroxyl groups is 1. The molecule has 1 amide bonds. The molecule has 0 fully saturated rings. The summed E-state index contributed by atoms with van der Waals surface area (Å²) in [6.45, 7) is 3.35. The van der Waals surface area contributed by atoms with Gasteiger partial charge in [-0.1, -0.05) is 18.2 Å². The Kier molecular flexibility index (Phi) is 3.43. The highest BCUT2D eigenvalue weighted by Crippen LogP contribution is 2.33. The molecule has 0 saturated carbocycles. The predicted octanol–water partition coefficient (Wildman–Crippen LogP) is 2.00. The van der Waals surface area contributed by atoms with Gasteiger partial charge in [0.25, 0.3) is 0 Å². The molecule has 2 N–H and O–H groups in total. The number of hydrogen-bond acceptors (Lipinski definition) is 4. The molecule has 108 valence electrons. The smallest absolute Gasteiger partial charge is 0.222 e. The number of carbonyl (C=O) groups excluding carboxylic acids is 1. The third-order valence-corrected chi connectivity index (χ3v) is 3.68. The SMILES string of the molecule is CC(=O)Nc1nc2c(nc1C)-c1ccc(CO)cc1CC2. The van der Waals surface area contributed by atoms with Crippen molar-refractivity contribution in [3.63, 3.8) is 0 Å². The van der Waals surface area contributed by atoms with Crippen LogP contribution < -0.4 is 5.32 Å². The maximum absolute atomic E-state index is 11.2. The second-order valence-corrected chi connectivity index (χ2v) is 5.28. The predicted molar refractivity (Wildman–Crippen MR) is 79.8 cm³/mol. The summed E-state index contributed by atoms with van der Waals surface area (Å²) >= 11 is 0. The van der Waals surface area contributed by atoms with Crippen molar-refractivity contribution in [2.24, 2.45) is 0 Å². The zero-order chi connectivity index (χ0) is 15.0. The normalized spacial score (nSPS) is 12.5. The van der Waals surface area contributed by atoms with E-state index >= 15 is 0 Å². The van der Waals surface area contributed by atoms with E-state index in [0.717, 1.165) is 35.4 Å². The van der Waals surface area contributed by atoms with Crippen LogP contribution in [0.4, 0.5) is 5.82 Å². The van der Waals surface area contributed by atoms with E-state index in [4.69, 9.17) is 0 Å². The summed E-state index contributed by atoms with van der Waals surface area (Å²) in [5.41, 5.74) is 5.68. The van der Waals surface area contributed by atoms with E-state index < -0.39 is 0 Å². The van der Waals surface area contributed by atoms with Gasteiger partial charge in [0.1, 0.15) is 0 Å². The van der Waals surface area contributed by atoms with Crippen molar-refractivity contribution >= 4 is 11.7 Å². The molecule has 1 aliphatic carbocycles. The van der Waals surface area contributed by atoms with Crippen molar-refractivity contribution in [1.29, 1.82) is 0 Å². The molecule has 21 heavy (non-hydrogen) atoms. The molecular formula is C16H17N3O2. The fraction of sp³-hybridized carbons (Fsp3) is 0.312. The fourth-order valence-electron chi connectivity index (χ4n) is 2.67. The maximum atomic E-state index is 11.2. The van der Waals surface area contributed by atoms with Crippen LogP contribution in [0.2, 0.25) is 0 Å². The number of hydrogen-bond donors (Lipinski definition) is 2. The lowest BCUT2D eigenvalue weighted by Crippen LogP contribution is -2.15. The Hall–Kier alpha value is -2.27. The van der Waals surface area contributed by atoms with Crippen LogP contribution in [-0.4, -0.2) is 21.0 Å². The van der Waals surface area contributed by atoms with Crippen molar-refractivity contribution in [2.75, 3.05) is 5.32 Å². The van der Waals surface area contributed by atoms with Gasteiger partial charge in [0.2, 0.25) is 5.91 Å². The summed E-state index contributed by atoms with van der Waals surface area (Å²) in [5, 5.41) is 12.0. The number of amides is 1. The number of fused-ring (bicyclic) bond motifs is 3. The highest BCUT2D eigenvalue weighted by molar-refractivity contribution is 5.88. The van der Waals surface area contributed by atoms with Crippen molar-refractivity contribution in [2.45, 2.75) is 33.3 Å². The molecule has 0 spiro atoms. The van der Waals surface area contributed by atoms with Gasteiger partial charge in [-0.05, 0) is 30.9 Å². The molecule has 2 aromatic rings. The molecule has 0 atom stereocenters. The highest BCUT2D eigenvalue weighted by Gasteiger charge is 2.21. The number of aryl methyl sites for hydroxylation is 3. The molecule has 3 rings (SSSR count). The minimum Gasteiger partial charge on any atom is -0.392 e. The number of aromatic nitrogens is 2. The third kappa shape index (κ3) is 2.52. The minimum atomic E-state index is -0.142. The number of aliphatic hydroxyl groups excluding tert-OH is 1. The van der Waals surface area contributed by atoms with Crippen LogP contribution in [-0.2, 0) is 24.2 Å². The minimum absolute atomic E-state index is 0.0479. The number of benzene rings is 1. The van der Waals surface area contributed by atoms with Crippen LogP contribution >= 0.6 is 0 Å². The van der Waals surface area contributed by atoms with Gasteiger partial charge in [-0.3, -0.25) is 4.79 Å². The van der Waals surface area contributed by atoms with E-state index in [2.05, 4.69) is 15.3 Å². The molecule has 1 heterocycles. The van der Waals surface area contributed by atoms with E-state index in [1.165, 1.54) is 12.5 Å². The Morgan fingerprint density at radius 2 is 2.14 bits per heavy atom. The molecule has 0 unspecified atom stereocenters. The molecule has 1 aromatic carbocycles. The molecule has 0 bridgehead atoms. The number of nitrogens with one attached hydrogen (secondary N) is 1. The Bertz CT molecular complexity index is 726. The van der Waals surface area contributed by atoms with E-state index in [1.807, 2.05) is 25.1 Å². The van der Waals surface area contributed by atoms with Crippen LogP contribution in [0.1, 0.15) is 29.4 Å². The summed E-state index contributed by atoms with van der Waals surface area (Å²) < 4.78 is 0. The highest BCUT2D eigenvalue weighted by atomic mass is 16.3. The molecule has 5 heteroatoms. The average molecular weight is 283 g/mol. The van der Waals surface area contributed by atoms with Gasteiger partial charge in [-0.2, -0.15) is 0 Å². The van der Waals surface area contributed by atoms with Crippen LogP contribution in [0.3, 0.4) is 0 Å². The molecule has 0 aliphatic heterocycles. The number of carbonyl (C=O) groups is 1. The first-order chi connectivity index (χ1) is 10.1. The summed E-state index contributed by atoms with van der Waals surface area (Å²) in [5.74, 6) is 0.396. The molecule has 1 aliphatic rings. The Balaban J connectivity index is 2.09. The maximum Gasteiger partial charge on any atom is 0.222 e. The number of rotatable bonds is 2. The van der Waals surface area contributed by atoms with Gasteiger partial charge in [0, 0.05) is 12.5 Å². The summed E-state index contributed by atoms with van der Waals surface area (Å²) in [6, 6.07) is 5.93. The quantitative estimate of drug-likeness (QED) is 0.884. The van der Waals surface area contributed by atoms with Gasteiger partial charge < -0.3 is 10.4 Å². The topological polar surface area (TPSA) is 75.1 Å². The first kappa shape index (κ1) is 13.7. The second kappa shape index (κ2) is 5.26. The van der Waals surface area contributed by atoms with Crippen molar-refractivity contribution < 1.29 is 9.90 Å². The van der Waals surface area contributed by atoms with Crippen molar-refractivity contribution in [1.82, 2.24) is 9.97 Å². The lowest BCUT2D eigenvalue weighted by Gasteiger charge is -2.20. The zero-order valence-electron chi connectivity index (χ0n) is 12.1. The van der Waals surface area contributed by atoms with Crippen LogP contribution in [0.15, 0.2) is 18.2 Å². The van der Waals surface area contributed by atoms with Gasteiger partial charge in [-0.15, -0.1) is 0 Å². The van der Waals surface area contributed by atoms with Crippen LogP contribution in [0, 0.1) is 6.92 Å². The summed E-state index contributed by atoms with van der Waals surface area (Å²) in [7, 11) is 0. The van der Waals surface area contributed by atoms with E-state index in [-0.39, 0.29) is 12.5 Å². The fourth-order valence-corrected chi connectivity index (χ4v) is 2.67. The van der Waals surface area contributed by atoms with E-state index in [0.29, 0.717) is 11.5 Å². The standard InChI is InChI=1S/C16H17N3O2/c1-9-16(18-10(2)21)19-14-6-4-12-7-11(8-20)3-5-13(12)15(14)17-9/h3,5,7,20H,4,6,8H2,1-2H3,(H,18,19,21). The largest absolute Gasteiger partial charge is 0.392 e. The molecule has 0 saturated heterocycles. The lowest BCUT2D eigenvalue weighted by atomic mass is 9.90. The van der Waals surface area contributed by atoms with Crippen LogP contribution in [0.25, 0.3) is 11.3 Å². The molecule has 1 aromatic heterocycles. The third-order valence-electron chi connectivity index (χ3n) is 3.68. The molecule has 5 nitrogen and oxygen atoms in total. The Morgan fingerprint density at radius 1 is 1.33 bits per heavy atom. The molecule has 0 radical (unpaired) electrons. The number of anilines is 1. The van der Waals surface area contributed by atoms with Gasteiger partial charge in [0.15, 0.2) is 5.82 Å². The zero-order valence-corrected chi connectivity index (χ0v) is 12.1. The summed E-state index contributed by atoms with van der Waals surface area (Å²) in [4.78, 5) is 20.4. The van der Waals surface area contributed by atoms with Crippen molar-refractivity contribution in [3.05, 3.63) is 40.7 Å². The second-order valence-electron chi connectivity index (χ2n) is 5.28. The van der Waals surface area contributed by atoms with Crippen molar-refractivity contribution in [3.8, 4) is 11.3 Å². The van der Waals surface area contributed by atoms with Gasteiger partial charge in [0.05, 0.1) is 23.7 Å². The van der Waals surface area contributed by atoms with E-state index in [1.54, 1.807) is 0 Å². The van der Waals surface area contributed by atoms with Crippen LogP contribution in [0.5, 0.6) is 0 Å². The first-order valence-electron chi connectivity index (χ1n) is 6.96. The summed E-state index contributed by atoms with van der Waals surface area (Å²) in [6.07, 6.45) is 1.66. The first-order valence-corrected chi connectivity index (χ1v) is 6.96.